The predicted molar refractivity (Wildman–Crippen MR) is 81.2 cm³/mol. The average molecular weight is 302 g/mol. The monoisotopic (exact) mass is 302 g/mol. The molecule has 0 aliphatic heterocycles. The van der Waals surface area contributed by atoms with Crippen molar-refractivity contribution in [1.82, 2.24) is 9.97 Å². The van der Waals surface area contributed by atoms with E-state index in [1.54, 1.807) is 24.4 Å². The van der Waals surface area contributed by atoms with Gasteiger partial charge in [-0.05, 0) is 18.2 Å². The number of para-hydroxylation sites is 1. The number of sulfonamides is 1. The Morgan fingerprint density at radius 3 is 2.81 bits per heavy atom. The first-order valence-corrected chi connectivity index (χ1v) is 7.82. The Kier molecular flexibility index (Phi) is 3.36. The van der Waals surface area contributed by atoms with E-state index in [0.29, 0.717) is 16.9 Å². The van der Waals surface area contributed by atoms with E-state index in [0.717, 1.165) is 5.39 Å². The van der Waals surface area contributed by atoms with Gasteiger partial charge in [-0.3, -0.25) is 9.71 Å². The zero-order valence-electron chi connectivity index (χ0n) is 11.1. The molecule has 0 bridgehead atoms. The second kappa shape index (κ2) is 5.19. The summed E-state index contributed by atoms with van der Waals surface area (Å²) >= 11 is 0. The molecule has 2 aromatic heterocycles. The van der Waals surface area contributed by atoms with Gasteiger partial charge in [0, 0.05) is 30.0 Å². The molecule has 108 valence electrons. The van der Waals surface area contributed by atoms with E-state index in [1.807, 2.05) is 12.1 Å². The van der Waals surface area contributed by atoms with Crippen LogP contribution in [0, 0.1) is 0 Å². The fraction of sp³-hybridized carbons (Fsp3) is 0.0714. The highest BCUT2D eigenvalue weighted by molar-refractivity contribution is 7.92. The Morgan fingerprint density at radius 1 is 1.24 bits per heavy atom. The van der Waals surface area contributed by atoms with Gasteiger partial charge in [0.15, 0.2) is 0 Å². The smallest absolute Gasteiger partial charge is 0.263 e. The van der Waals surface area contributed by atoms with Gasteiger partial charge in [-0.15, -0.1) is 0 Å². The van der Waals surface area contributed by atoms with E-state index < -0.39 is 10.0 Å². The molecule has 0 unspecified atom stereocenters. The van der Waals surface area contributed by atoms with E-state index in [4.69, 9.17) is 5.73 Å². The van der Waals surface area contributed by atoms with Crippen molar-refractivity contribution in [3.05, 3.63) is 54.5 Å². The lowest BCUT2D eigenvalue weighted by Crippen LogP contribution is -2.12. The van der Waals surface area contributed by atoms with E-state index in [-0.39, 0.29) is 11.4 Å². The third-order valence-corrected chi connectivity index (χ3v) is 4.47. The second-order valence-corrected chi connectivity index (χ2v) is 6.23. The summed E-state index contributed by atoms with van der Waals surface area (Å²) < 4.78 is 27.3. The molecule has 0 radical (unpaired) electrons. The van der Waals surface area contributed by atoms with Crippen molar-refractivity contribution in [3.63, 3.8) is 0 Å². The van der Waals surface area contributed by atoms with Crippen LogP contribution in [-0.4, -0.2) is 18.4 Å². The Morgan fingerprint density at radius 2 is 2.05 bits per heavy atom. The molecule has 3 rings (SSSR count). The van der Waals surface area contributed by atoms with Crippen LogP contribution in [-0.2, 0) is 16.6 Å². The van der Waals surface area contributed by atoms with E-state index in [2.05, 4.69) is 14.7 Å². The first kappa shape index (κ1) is 13.6. The van der Waals surface area contributed by atoms with Gasteiger partial charge in [0.1, 0.15) is 4.90 Å². The van der Waals surface area contributed by atoms with Gasteiger partial charge in [-0.2, -0.15) is 0 Å². The molecule has 0 aliphatic carbocycles. The third kappa shape index (κ3) is 2.61. The lowest BCUT2D eigenvalue weighted by Gasteiger charge is -2.08. The van der Waals surface area contributed by atoms with Crippen LogP contribution in [0.3, 0.4) is 0 Å². The number of nitrogens with zero attached hydrogens (tertiary/aromatic N) is 1. The van der Waals surface area contributed by atoms with E-state index in [1.165, 1.54) is 12.3 Å². The summed E-state index contributed by atoms with van der Waals surface area (Å²) in [5.41, 5.74) is 7.19. The summed E-state index contributed by atoms with van der Waals surface area (Å²) in [6.07, 6.45) is 3.05. The van der Waals surface area contributed by atoms with Crippen molar-refractivity contribution in [1.29, 1.82) is 0 Å². The maximum Gasteiger partial charge on any atom is 0.263 e. The largest absolute Gasteiger partial charge is 0.363 e. The fourth-order valence-corrected chi connectivity index (χ4v) is 3.17. The number of aromatic amines is 1. The summed E-state index contributed by atoms with van der Waals surface area (Å²) in [6.45, 7) is 0.255. The Balaban J connectivity index is 2.01. The number of hydrogen-bond acceptors (Lipinski definition) is 4. The molecule has 0 fully saturated rings. The van der Waals surface area contributed by atoms with Gasteiger partial charge in [0.25, 0.3) is 10.0 Å². The normalized spacial score (nSPS) is 11.7. The Hall–Kier alpha value is -2.38. The zero-order chi connectivity index (χ0) is 14.9. The number of hydrogen-bond donors (Lipinski definition) is 3. The summed E-state index contributed by atoms with van der Waals surface area (Å²) in [7, 11) is -3.67. The standard InChI is InChI=1S/C14H14N4O2S/c15-8-11-7-12(9-17-11)21(19,20)18-13-5-1-3-10-4-2-6-16-14(10)13/h1-7,9,17-18H,8,15H2. The molecule has 2 heterocycles. The minimum absolute atomic E-state index is 0.149. The van der Waals surface area contributed by atoms with Crippen LogP contribution in [0.4, 0.5) is 5.69 Å². The molecule has 1 aromatic carbocycles. The highest BCUT2D eigenvalue weighted by Gasteiger charge is 2.17. The first-order valence-electron chi connectivity index (χ1n) is 6.34. The van der Waals surface area contributed by atoms with Crippen molar-refractivity contribution in [2.75, 3.05) is 4.72 Å². The van der Waals surface area contributed by atoms with Gasteiger partial charge >= 0.3 is 0 Å². The maximum absolute atomic E-state index is 12.4. The van der Waals surface area contributed by atoms with Crippen LogP contribution in [0.1, 0.15) is 5.69 Å². The molecular weight excluding hydrogens is 288 g/mol. The summed E-state index contributed by atoms with van der Waals surface area (Å²) in [5, 5.41) is 0.870. The van der Waals surface area contributed by atoms with Crippen LogP contribution >= 0.6 is 0 Å². The van der Waals surface area contributed by atoms with Gasteiger partial charge in [-0.25, -0.2) is 8.42 Å². The molecule has 0 aliphatic rings. The molecule has 0 saturated carbocycles. The van der Waals surface area contributed by atoms with Crippen LogP contribution in [0.5, 0.6) is 0 Å². The molecule has 6 nitrogen and oxygen atoms in total. The van der Waals surface area contributed by atoms with Gasteiger partial charge < -0.3 is 10.7 Å². The minimum Gasteiger partial charge on any atom is -0.363 e. The number of nitrogens with two attached hydrogens (primary N) is 1. The molecule has 7 heteroatoms. The van der Waals surface area contributed by atoms with Crippen molar-refractivity contribution in [3.8, 4) is 0 Å². The van der Waals surface area contributed by atoms with Gasteiger partial charge in [0.05, 0.1) is 11.2 Å². The maximum atomic E-state index is 12.4. The van der Waals surface area contributed by atoms with Crippen molar-refractivity contribution >= 4 is 26.6 Å². The van der Waals surface area contributed by atoms with Crippen molar-refractivity contribution < 1.29 is 8.42 Å². The highest BCUT2D eigenvalue weighted by Crippen LogP contribution is 2.23. The second-order valence-electron chi connectivity index (χ2n) is 4.55. The van der Waals surface area contributed by atoms with Crippen molar-refractivity contribution in [2.24, 2.45) is 5.73 Å². The molecule has 4 N–H and O–H groups in total. The average Bonchev–Trinajstić information content (AvgIpc) is 2.97. The number of rotatable bonds is 4. The topological polar surface area (TPSA) is 101 Å². The van der Waals surface area contributed by atoms with Crippen LogP contribution in [0.2, 0.25) is 0 Å². The Labute approximate surface area is 122 Å². The highest BCUT2D eigenvalue weighted by atomic mass is 32.2. The summed E-state index contributed by atoms with van der Waals surface area (Å²) in [5.74, 6) is 0. The quantitative estimate of drug-likeness (QED) is 0.684. The van der Waals surface area contributed by atoms with Crippen molar-refractivity contribution in [2.45, 2.75) is 11.4 Å². The number of anilines is 1. The molecule has 0 saturated heterocycles. The van der Waals surface area contributed by atoms with Gasteiger partial charge in [0.2, 0.25) is 0 Å². The number of H-pyrrole nitrogens is 1. The SMILES string of the molecule is NCc1cc(S(=O)(=O)Nc2cccc3cccnc23)c[nH]1. The van der Waals surface area contributed by atoms with Crippen LogP contribution in [0.25, 0.3) is 10.9 Å². The van der Waals surface area contributed by atoms with E-state index in [9.17, 15) is 8.42 Å². The summed E-state index contributed by atoms with van der Waals surface area (Å²) in [4.78, 5) is 7.20. The molecule has 0 atom stereocenters. The number of pyridine rings is 1. The lowest BCUT2D eigenvalue weighted by molar-refractivity contribution is 0.601. The zero-order valence-corrected chi connectivity index (χ0v) is 11.9. The Bertz CT molecular complexity index is 881. The van der Waals surface area contributed by atoms with Crippen LogP contribution < -0.4 is 10.5 Å². The predicted octanol–water partition coefficient (Wildman–Crippen LogP) is 1.82. The fourth-order valence-electron chi connectivity index (χ4n) is 2.08. The third-order valence-electron chi connectivity index (χ3n) is 3.12. The summed E-state index contributed by atoms with van der Waals surface area (Å²) in [6, 6.07) is 10.5. The minimum atomic E-state index is -3.67. The number of fused-ring (bicyclic) bond motifs is 1. The number of nitrogens with one attached hydrogen (secondary N) is 2. The van der Waals surface area contributed by atoms with Crippen LogP contribution in [0.15, 0.2) is 53.7 Å². The van der Waals surface area contributed by atoms with Gasteiger partial charge in [-0.1, -0.05) is 18.2 Å². The molecule has 0 spiro atoms. The number of benzene rings is 1. The lowest BCUT2D eigenvalue weighted by atomic mass is 10.2. The molecule has 0 amide bonds. The first-order chi connectivity index (χ1) is 10.1. The number of aromatic nitrogens is 2. The molecule has 3 aromatic rings. The molecule has 21 heavy (non-hydrogen) atoms. The molecular formula is C14H14N4O2S. The van der Waals surface area contributed by atoms with E-state index >= 15 is 0 Å².